The molecule has 0 aliphatic carbocycles. The number of nitrogens with zero attached hydrogens (tertiary/aromatic N) is 2. The lowest BCUT2D eigenvalue weighted by molar-refractivity contribution is 0.734. The molecule has 0 saturated carbocycles. The summed E-state index contributed by atoms with van der Waals surface area (Å²) in [4.78, 5) is 10.1. The van der Waals surface area contributed by atoms with Gasteiger partial charge in [0.05, 0.1) is 0 Å². The van der Waals surface area contributed by atoms with E-state index in [4.69, 9.17) is 5.73 Å². The fourth-order valence-corrected chi connectivity index (χ4v) is 3.11. The third kappa shape index (κ3) is 4.05. The van der Waals surface area contributed by atoms with Crippen LogP contribution in [0.1, 0.15) is 29.4 Å². The summed E-state index contributed by atoms with van der Waals surface area (Å²) in [5, 5.41) is 0.807. The highest BCUT2D eigenvalue weighted by Crippen LogP contribution is 2.27. The van der Waals surface area contributed by atoms with Gasteiger partial charge in [0.2, 0.25) is 0 Å². The van der Waals surface area contributed by atoms with Crippen molar-refractivity contribution >= 4 is 11.8 Å². The van der Waals surface area contributed by atoms with Crippen molar-refractivity contribution in [1.82, 2.24) is 9.97 Å². The molecule has 2 N–H and O–H groups in total. The molecule has 3 nitrogen and oxygen atoms in total. The van der Waals surface area contributed by atoms with E-state index in [1.165, 1.54) is 16.0 Å². The molecule has 20 heavy (non-hydrogen) atoms. The van der Waals surface area contributed by atoms with E-state index in [-0.39, 0.29) is 6.04 Å². The molecular formula is C16H21N3S. The molecule has 2 rings (SSSR count). The predicted molar refractivity (Wildman–Crippen MR) is 84.2 cm³/mol. The van der Waals surface area contributed by atoms with E-state index in [0.29, 0.717) is 0 Å². The molecule has 1 aromatic carbocycles. The number of rotatable bonds is 4. The van der Waals surface area contributed by atoms with Crippen LogP contribution in [0.4, 0.5) is 0 Å². The lowest BCUT2D eigenvalue weighted by atomic mass is 10.0. The van der Waals surface area contributed by atoms with Crippen molar-refractivity contribution in [3.05, 3.63) is 46.8 Å². The third-order valence-corrected chi connectivity index (χ3v) is 3.88. The van der Waals surface area contributed by atoms with Crippen LogP contribution in [-0.4, -0.2) is 16.0 Å². The molecule has 2 aromatic rings. The molecule has 4 heteroatoms. The van der Waals surface area contributed by atoms with Gasteiger partial charge in [0, 0.05) is 22.3 Å². The third-order valence-electron chi connectivity index (χ3n) is 3.03. The summed E-state index contributed by atoms with van der Waals surface area (Å²) in [7, 11) is 0. The predicted octanol–water partition coefficient (Wildman–Crippen LogP) is 3.44. The van der Waals surface area contributed by atoms with Crippen LogP contribution in [0.25, 0.3) is 0 Å². The summed E-state index contributed by atoms with van der Waals surface area (Å²) < 4.78 is 0. The first-order chi connectivity index (χ1) is 9.44. The summed E-state index contributed by atoms with van der Waals surface area (Å²) in [6, 6.07) is 8.64. The Hall–Kier alpha value is -1.39. The van der Waals surface area contributed by atoms with Crippen LogP contribution in [0.2, 0.25) is 0 Å². The number of nitrogens with two attached hydrogens (primary N) is 1. The van der Waals surface area contributed by atoms with Crippen LogP contribution in [-0.2, 0) is 6.42 Å². The van der Waals surface area contributed by atoms with Crippen LogP contribution in [0.5, 0.6) is 0 Å². The second-order valence-corrected chi connectivity index (χ2v) is 6.35. The maximum Gasteiger partial charge on any atom is 0.192 e. The van der Waals surface area contributed by atoms with E-state index in [1.54, 1.807) is 11.8 Å². The van der Waals surface area contributed by atoms with Gasteiger partial charge in [-0.1, -0.05) is 6.07 Å². The summed E-state index contributed by atoms with van der Waals surface area (Å²) in [6.07, 6.45) is 0.914. The number of hydrogen-bond donors (Lipinski definition) is 1. The molecule has 0 fully saturated rings. The minimum Gasteiger partial charge on any atom is -0.328 e. The van der Waals surface area contributed by atoms with Gasteiger partial charge >= 0.3 is 0 Å². The highest BCUT2D eigenvalue weighted by Gasteiger charge is 2.06. The van der Waals surface area contributed by atoms with Crippen molar-refractivity contribution in [2.24, 2.45) is 5.73 Å². The molecule has 0 radical (unpaired) electrons. The van der Waals surface area contributed by atoms with Crippen molar-refractivity contribution < 1.29 is 0 Å². The molecule has 1 atom stereocenters. The Morgan fingerprint density at radius 1 is 1.10 bits per heavy atom. The van der Waals surface area contributed by atoms with Crippen molar-refractivity contribution in [2.45, 2.75) is 50.2 Å². The fraction of sp³-hybridized carbons (Fsp3) is 0.375. The first kappa shape index (κ1) is 15.0. The van der Waals surface area contributed by atoms with Crippen molar-refractivity contribution in [2.75, 3.05) is 0 Å². The largest absolute Gasteiger partial charge is 0.328 e. The molecule has 1 heterocycles. The second-order valence-electron chi connectivity index (χ2n) is 5.31. The maximum atomic E-state index is 5.86. The van der Waals surface area contributed by atoms with Crippen LogP contribution in [0.3, 0.4) is 0 Å². The highest BCUT2D eigenvalue weighted by atomic mass is 32.2. The van der Waals surface area contributed by atoms with Gasteiger partial charge in [-0.2, -0.15) is 0 Å². The van der Waals surface area contributed by atoms with Gasteiger partial charge in [0.25, 0.3) is 0 Å². The Morgan fingerprint density at radius 3 is 2.30 bits per heavy atom. The van der Waals surface area contributed by atoms with E-state index in [1.807, 2.05) is 26.8 Å². The van der Waals surface area contributed by atoms with E-state index in [9.17, 15) is 0 Å². The van der Waals surface area contributed by atoms with Gasteiger partial charge in [0.15, 0.2) is 5.16 Å². The zero-order valence-electron chi connectivity index (χ0n) is 12.5. The summed E-state index contributed by atoms with van der Waals surface area (Å²) in [5.41, 5.74) is 10.5. The van der Waals surface area contributed by atoms with Crippen LogP contribution < -0.4 is 5.73 Å². The minimum absolute atomic E-state index is 0.190. The smallest absolute Gasteiger partial charge is 0.192 e. The van der Waals surface area contributed by atoms with Gasteiger partial charge in [-0.3, -0.25) is 0 Å². The van der Waals surface area contributed by atoms with Crippen molar-refractivity contribution in [3.8, 4) is 0 Å². The molecule has 1 unspecified atom stereocenters. The zero-order chi connectivity index (χ0) is 14.7. The summed E-state index contributed by atoms with van der Waals surface area (Å²) in [6.45, 7) is 8.15. The molecule has 0 bridgehead atoms. The molecule has 0 spiro atoms. The lowest BCUT2D eigenvalue weighted by Gasteiger charge is -2.10. The Labute approximate surface area is 125 Å². The van der Waals surface area contributed by atoms with Gasteiger partial charge < -0.3 is 5.73 Å². The fourth-order valence-electron chi connectivity index (χ4n) is 2.15. The van der Waals surface area contributed by atoms with Crippen LogP contribution >= 0.6 is 11.8 Å². The SMILES string of the molecule is Cc1cc(C)nc(Sc2ccc(CC(C)N)c(C)c2)n1. The Balaban J connectivity index is 2.19. The second kappa shape index (κ2) is 6.37. The minimum atomic E-state index is 0.190. The quantitative estimate of drug-likeness (QED) is 0.875. The lowest BCUT2D eigenvalue weighted by Crippen LogP contribution is -2.18. The molecule has 0 saturated heterocycles. The first-order valence-electron chi connectivity index (χ1n) is 6.79. The molecular weight excluding hydrogens is 266 g/mol. The Bertz CT molecular complexity index is 588. The number of benzene rings is 1. The van der Waals surface area contributed by atoms with Gasteiger partial charge in [0.1, 0.15) is 0 Å². The highest BCUT2D eigenvalue weighted by molar-refractivity contribution is 7.99. The van der Waals surface area contributed by atoms with E-state index in [2.05, 4.69) is 35.1 Å². The molecule has 0 aliphatic heterocycles. The monoisotopic (exact) mass is 287 g/mol. The van der Waals surface area contributed by atoms with E-state index in [0.717, 1.165) is 23.0 Å². The number of hydrogen-bond acceptors (Lipinski definition) is 4. The van der Waals surface area contributed by atoms with Gasteiger partial charge in [-0.15, -0.1) is 0 Å². The molecule has 1 aromatic heterocycles. The van der Waals surface area contributed by atoms with E-state index < -0.39 is 0 Å². The van der Waals surface area contributed by atoms with E-state index >= 15 is 0 Å². The number of aryl methyl sites for hydroxylation is 3. The first-order valence-corrected chi connectivity index (χ1v) is 7.61. The van der Waals surface area contributed by atoms with Crippen LogP contribution in [0, 0.1) is 20.8 Å². The van der Waals surface area contributed by atoms with Crippen molar-refractivity contribution in [1.29, 1.82) is 0 Å². The Kier molecular flexibility index (Phi) is 4.78. The molecule has 106 valence electrons. The average Bonchev–Trinajstić information content (AvgIpc) is 2.31. The summed E-state index contributed by atoms with van der Waals surface area (Å²) in [5.74, 6) is 0. The average molecular weight is 287 g/mol. The number of aromatic nitrogens is 2. The van der Waals surface area contributed by atoms with Crippen molar-refractivity contribution in [3.63, 3.8) is 0 Å². The van der Waals surface area contributed by atoms with Gasteiger partial charge in [-0.25, -0.2) is 9.97 Å². The topological polar surface area (TPSA) is 51.8 Å². The zero-order valence-corrected chi connectivity index (χ0v) is 13.3. The molecule has 0 amide bonds. The van der Waals surface area contributed by atoms with Gasteiger partial charge in [-0.05, 0) is 75.2 Å². The molecule has 0 aliphatic rings. The van der Waals surface area contributed by atoms with Crippen LogP contribution in [0.15, 0.2) is 34.3 Å². The standard InChI is InChI=1S/C16H21N3S/c1-10-7-15(6-5-14(10)8-11(2)17)20-16-18-12(3)9-13(4)19-16/h5-7,9,11H,8,17H2,1-4H3. The normalized spacial score (nSPS) is 12.4. The summed E-state index contributed by atoms with van der Waals surface area (Å²) >= 11 is 1.60. The Morgan fingerprint density at radius 2 is 1.75 bits per heavy atom. The maximum absolute atomic E-state index is 5.86.